The van der Waals surface area contributed by atoms with E-state index in [1.54, 1.807) is 13.3 Å². The van der Waals surface area contributed by atoms with Gasteiger partial charge in [-0.15, -0.1) is 0 Å². The van der Waals surface area contributed by atoms with Crippen molar-refractivity contribution in [2.75, 3.05) is 18.6 Å². The van der Waals surface area contributed by atoms with Crippen LogP contribution in [-0.2, 0) is 4.79 Å². The van der Waals surface area contributed by atoms with E-state index in [-0.39, 0.29) is 0 Å². The smallest absolute Gasteiger partial charge is 0.169 e. The van der Waals surface area contributed by atoms with Crippen molar-refractivity contribution in [3.63, 3.8) is 0 Å². The lowest BCUT2D eigenvalue weighted by molar-refractivity contribution is -0.104. The van der Waals surface area contributed by atoms with Gasteiger partial charge in [0.2, 0.25) is 0 Å². The van der Waals surface area contributed by atoms with E-state index in [2.05, 4.69) is 4.99 Å². The maximum Gasteiger partial charge on any atom is 0.169 e. The Morgan fingerprint density at radius 1 is 1.13 bits per heavy atom. The fourth-order valence-electron chi connectivity index (χ4n) is 2.38. The van der Waals surface area contributed by atoms with Gasteiger partial charge in [0, 0.05) is 16.9 Å². The SMILES string of the molecule is COc1ccc(N2C=C(C=O)N=C(c3ccc(Cl)cc3)C2)cc1. The third-order valence-electron chi connectivity index (χ3n) is 3.57. The van der Waals surface area contributed by atoms with Gasteiger partial charge in [0.1, 0.15) is 11.4 Å². The van der Waals surface area contributed by atoms with E-state index >= 15 is 0 Å². The molecule has 0 unspecified atom stereocenters. The Balaban J connectivity index is 1.91. The average molecular weight is 327 g/mol. The first kappa shape index (κ1) is 15.3. The summed E-state index contributed by atoms with van der Waals surface area (Å²) < 4.78 is 5.17. The van der Waals surface area contributed by atoms with Crippen LogP contribution in [0, 0.1) is 0 Å². The van der Waals surface area contributed by atoms with E-state index < -0.39 is 0 Å². The highest BCUT2D eigenvalue weighted by molar-refractivity contribution is 6.30. The first-order chi connectivity index (χ1) is 11.2. The molecule has 1 heterocycles. The summed E-state index contributed by atoms with van der Waals surface area (Å²) in [5.41, 5.74) is 3.12. The highest BCUT2D eigenvalue weighted by Crippen LogP contribution is 2.23. The molecule has 23 heavy (non-hydrogen) atoms. The quantitative estimate of drug-likeness (QED) is 0.804. The van der Waals surface area contributed by atoms with Crippen LogP contribution in [0.4, 0.5) is 5.69 Å². The third kappa shape index (κ3) is 3.43. The second kappa shape index (κ2) is 6.67. The van der Waals surface area contributed by atoms with Gasteiger partial charge in [-0.2, -0.15) is 0 Å². The first-order valence-electron chi connectivity index (χ1n) is 7.11. The van der Waals surface area contributed by atoms with E-state index in [1.165, 1.54) is 0 Å². The Bertz CT molecular complexity index is 765. The maximum atomic E-state index is 11.2. The molecule has 0 fully saturated rings. The van der Waals surface area contributed by atoms with Crippen molar-refractivity contribution in [1.82, 2.24) is 0 Å². The van der Waals surface area contributed by atoms with Crippen LogP contribution in [0.3, 0.4) is 0 Å². The number of aliphatic imine (C=N–C) groups is 1. The van der Waals surface area contributed by atoms with Crippen molar-refractivity contribution < 1.29 is 9.53 Å². The third-order valence-corrected chi connectivity index (χ3v) is 3.83. The zero-order valence-corrected chi connectivity index (χ0v) is 13.3. The number of carbonyl (C=O) groups excluding carboxylic acids is 1. The maximum absolute atomic E-state index is 11.2. The monoisotopic (exact) mass is 326 g/mol. The van der Waals surface area contributed by atoms with Crippen molar-refractivity contribution in [2.45, 2.75) is 0 Å². The number of allylic oxidation sites excluding steroid dienone is 1. The Hall–Kier alpha value is -2.59. The number of hydrogen-bond acceptors (Lipinski definition) is 4. The molecule has 2 aromatic rings. The Labute approximate surface area is 139 Å². The summed E-state index contributed by atoms with van der Waals surface area (Å²) in [5, 5.41) is 0.670. The molecule has 0 amide bonds. The number of methoxy groups -OCH3 is 1. The first-order valence-corrected chi connectivity index (χ1v) is 7.48. The van der Waals surface area contributed by atoms with Crippen molar-refractivity contribution in [1.29, 1.82) is 0 Å². The topological polar surface area (TPSA) is 41.9 Å². The fraction of sp³-hybridized carbons (Fsp3) is 0.111. The highest BCUT2D eigenvalue weighted by atomic mass is 35.5. The van der Waals surface area contributed by atoms with Crippen LogP contribution in [-0.4, -0.2) is 25.7 Å². The van der Waals surface area contributed by atoms with E-state index in [0.29, 0.717) is 17.3 Å². The molecular weight excluding hydrogens is 312 g/mol. The normalized spacial score (nSPS) is 14.1. The molecule has 0 N–H and O–H groups in total. The predicted molar refractivity (Wildman–Crippen MR) is 92.5 cm³/mol. The van der Waals surface area contributed by atoms with Gasteiger partial charge in [-0.3, -0.25) is 4.79 Å². The van der Waals surface area contributed by atoms with Gasteiger partial charge >= 0.3 is 0 Å². The number of hydrogen-bond donors (Lipinski definition) is 0. The molecule has 1 aliphatic heterocycles. The minimum absolute atomic E-state index is 0.386. The van der Waals surface area contributed by atoms with E-state index in [4.69, 9.17) is 16.3 Å². The molecule has 1 aliphatic rings. The zero-order valence-electron chi connectivity index (χ0n) is 12.6. The molecule has 0 spiro atoms. The summed E-state index contributed by atoms with van der Waals surface area (Å²) in [5.74, 6) is 0.789. The summed E-state index contributed by atoms with van der Waals surface area (Å²) in [4.78, 5) is 17.6. The van der Waals surface area contributed by atoms with E-state index in [0.717, 1.165) is 29.0 Å². The summed E-state index contributed by atoms with van der Waals surface area (Å²) in [6, 6.07) is 15.1. The van der Waals surface area contributed by atoms with Gasteiger partial charge in [0.05, 0.1) is 19.4 Å². The van der Waals surface area contributed by atoms with Crippen LogP contribution in [0.15, 0.2) is 65.4 Å². The van der Waals surface area contributed by atoms with E-state index in [1.807, 2.05) is 53.4 Å². The van der Waals surface area contributed by atoms with Gasteiger partial charge in [0.15, 0.2) is 6.29 Å². The standard InChI is InChI=1S/C18H15ClN2O2/c1-23-17-8-6-16(7-9-17)21-10-15(12-22)20-18(11-21)13-2-4-14(19)5-3-13/h2-10,12H,11H2,1H3. The van der Waals surface area contributed by atoms with Crippen molar-refractivity contribution >= 4 is 29.3 Å². The Morgan fingerprint density at radius 3 is 2.43 bits per heavy atom. The lowest BCUT2D eigenvalue weighted by Gasteiger charge is -2.25. The summed E-state index contributed by atoms with van der Waals surface area (Å²) >= 11 is 5.93. The second-order valence-electron chi connectivity index (χ2n) is 5.06. The molecule has 4 nitrogen and oxygen atoms in total. The highest BCUT2D eigenvalue weighted by Gasteiger charge is 2.16. The summed E-state index contributed by atoms with van der Waals surface area (Å²) in [7, 11) is 1.63. The van der Waals surface area contributed by atoms with Crippen molar-refractivity contribution in [2.24, 2.45) is 4.99 Å². The molecule has 0 bridgehead atoms. The van der Waals surface area contributed by atoms with Crippen LogP contribution in [0.2, 0.25) is 5.02 Å². The van der Waals surface area contributed by atoms with Gasteiger partial charge in [-0.1, -0.05) is 23.7 Å². The molecule has 0 aromatic heterocycles. The van der Waals surface area contributed by atoms with Gasteiger partial charge in [0.25, 0.3) is 0 Å². The molecule has 3 rings (SSSR count). The van der Waals surface area contributed by atoms with E-state index in [9.17, 15) is 4.79 Å². The van der Waals surface area contributed by atoms with Crippen molar-refractivity contribution in [3.8, 4) is 5.75 Å². The van der Waals surface area contributed by atoms with Crippen LogP contribution in [0.5, 0.6) is 5.75 Å². The van der Waals surface area contributed by atoms with Crippen LogP contribution in [0.1, 0.15) is 5.56 Å². The lowest BCUT2D eigenvalue weighted by atomic mass is 10.1. The molecule has 0 atom stereocenters. The number of nitrogens with zero attached hydrogens (tertiary/aromatic N) is 2. The largest absolute Gasteiger partial charge is 0.497 e. The number of aldehydes is 1. The lowest BCUT2D eigenvalue weighted by Crippen LogP contribution is -2.29. The van der Waals surface area contributed by atoms with Crippen LogP contribution >= 0.6 is 11.6 Å². The molecule has 0 aliphatic carbocycles. The average Bonchev–Trinajstić information content (AvgIpc) is 2.62. The Morgan fingerprint density at radius 2 is 1.83 bits per heavy atom. The second-order valence-corrected chi connectivity index (χ2v) is 5.50. The zero-order chi connectivity index (χ0) is 16.2. The molecule has 2 aromatic carbocycles. The van der Waals surface area contributed by atoms with Crippen LogP contribution in [0.25, 0.3) is 0 Å². The minimum Gasteiger partial charge on any atom is -0.497 e. The molecule has 0 saturated heterocycles. The number of anilines is 1. The van der Waals surface area contributed by atoms with Gasteiger partial charge in [-0.05, 0) is 42.0 Å². The Kier molecular flexibility index (Phi) is 4.44. The molecule has 0 saturated carbocycles. The molecule has 116 valence electrons. The predicted octanol–water partition coefficient (Wildman–Crippen LogP) is 3.70. The number of ether oxygens (including phenoxy) is 1. The van der Waals surface area contributed by atoms with Crippen molar-refractivity contribution in [3.05, 3.63) is 71.0 Å². The minimum atomic E-state index is 0.386. The molecule has 0 radical (unpaired) electrons. The molecular formula is C18H15ClN2O2. The summed E-state index contributed by atoms with van der Waals surface area (Å²) in [6.07, 6.45) is 2.50. The fourth-order valence-corrected chi connectivity index (χ4v) is 2.51. The van der Waals surface area contributed by atoms with Crippen LogP contribution < -0.4 is 9.64 Å². The number of rotatable bonds is 4. The number of halogens is 1. The van der Waals surface area contributed by atoms with Gasteiger partial charge in [-0.25, -0.2) is 4.99 Å². The molecule has 5 heteroatoms. The number of benzene rings is 2. The van der Waals surface area contributed by atoms with Gasteiger partial charge < -0.3 is 9.64 Å². The summed E-state index contributed by atoms with van der Waals surface area (Å²) in [6.45, 7) is 0.575. The number of carbonyl (C=O) groups is 1.